The van der Waals surface area contributed by atoms with Crippen molar-refractivity contribution in [3.8, 4) is 0 Å². The zero-order valence-electron chi connectivity index (χ0n) is 19.5. The SMILES string of the molecule is O=C(CCCc1ccccc1)Nc1ccc(N2CCN(C(=O)c3ccccc3C(F)(F)F)CC2)nn1. The van der Waals surface area contributed by atoms with E-state index < -0.39 is 17.6 Å². The third kappa shape index (κ3) is 6.38. The topological polar surface area (TPSA) is 78.4 Å². The first kappa shape index (κ1) is 25.2. The Morgan fingerprint density at radius 1 is 0.861 bits per heavy atom. The summed E-state index contributed by atoms with van der Waals surface area (Å²) in [7, 11) is 0. The Hall–Kier alpha value is -3.95. The Labute approximate surface area is 206 Å². The summed E-state index contributed by atoms with van der Waals surface area (Å²) in [5.74, 6) is 0.138. The molecule has 1 fully saturated rings. The monoisotopic (exact) mass is 497 g/mol. The van der Waals surface area contributed by atoms with Crippen LogP contribution < -0.4 is 10.2 Å². The molecule has 4 rings (SSSR count). The molecule has 0 spiro atoms. The number of halogens is 3. The second-order valence-electron chi connectivity index (χ2n) is 8.49. The standard InChI is InChI=1S/C26H26F3N5O2/c27-26(28,29)21-11-5-4-10-20(21)25(36)34-17-15-33(16-18-34)23-14-13-22(31-32-23)30-24(35)12-6-9-19-7-2-1-3-8-19/h1-5,7-8,10-11,13-14H,6,9,12,15-18H2,(H,30,31,35). The van der Waals surface area contributed by atoms with E-state index in [0.29, 0.717) is 31.1 Å². The smallest absolute Gasteiger partial charge is 0.352 e. The van der Waals surface area contributed by atoms with E-state index in [2.05, 4.69) is 15.5 Å². The fourth-order valence-electron chi connectivity index (χ4n) is 4.09. The zero-order valence-corrected chi connectivity index (χ0v) is 19.5. The molecular weight excluding hydrogens is 471 g/mol. The largest absolute Gasteiger partial charge is 0.417 e. The Balaban J connectivity index is 1.26. The Morgan fingerprint density at radius 3 is 2.22 bits per heavy atom. The fraction of sp³-hybridized carbons (Fsp3) is 0.308. The molecule has 1 saturated heterocycles. The molecule has 0 radical (unpaired) electrons. The van der Waals surface area contributed by atoms with E-state index in [1.807, 2.05) is 35.2 Å². The van der Waals surface area contributed by atoms with Crippen LogP contribution in [0.2, 0.25) is 0 Å². The van der Waals surface area contributed by atoms with Crippen LogP contribution in [-0.2, 0) is 17.4 Å². The van der Waals surface area contributed by atoms with E-state index in [0.717, 1.165) is 18.9 Å². The molecule has 2 amide bonds. The molecular formula is C26H26F3N5O2. The molecule has 0 bridgehead atoms. The summed E-state index contributed by atoms with van der Waals surface area (Å²) < 4.78 is 39.8. The number of carbonyl (C=O) groups is 2. The lowest BCUT2D eigenvalue weighted by Crippen LogP contribution is -2.49. The molecule has 0 unspecified atom stereocenters. The first-order valence-corrected chi connectivity index (χ1v) is 11.7. The summed E-state index contributed by atoms with van der Waals surface area (Å²) >= 11 is 0. The number of alkyl halides is 3. The fourth-order valence-corrected chi connectivity index (χ4v) is 4.09. The number of anilines is 2. The normalized spacial score (nSPS) is 14.0. The van der Waals surface area contributed by atoms with Gasteiger partial charge in [-0.15, -0.1) is 10.2 Å². The van der Waals surface area contributed by atoms with E-state index in [9.17, 15) is 22.8 Å². The zero-order chi connectivity index (χ0) is 25.5. The number of nitrogens with zero attached hydrogens (tertiary/aromatic N) is 4. The average Bonchev–Trinajstić information content (AvgIpc) is 2.89. The van der Waals surface area contributed by atoms with Crippen LogP contribution in [0.25, 0.3) is 0 Å². The Kier molecular flexibility index (Phi) is 7.82. The molecule has 1 aromatic heterocycles. The van der Waals surface area contributed by atoms with Crippen molar-refractivity contribution in [1.82, 2.24) is 15.1 Å². The van der Waals surface area contributed by atoms with Gasteiger partial charge in [0.25, 0.3) is 5.91 Å². The molecule has 0 aliphatic carbocycles. The molecule has 0 saturated carbocycles. The van der Waals surface area contributed by atoms with Crippen LogP contribution in [0.15, 0.2) is 66.7 Å². The van der Waals surface area contributed by atoms with Crippen molar-refractivity contribution < 1.29 is 22.8 Å². The highest BCUT2D eigenvalue weighted by molar-refractivity contribution is 5.96. The van der Waals surface area contributed by atoms with Crippen LogP contribution in [0.3, 0.4) is 0 Å². The summed E-state index contributed by atoms with van der Waals surface area (Å²) in [6.45, 7) is 1.32. The number of rotatable bonds is 7. The quantitative estimate of drug-likeness (QED) is 0.523. The van der Waals surface area contributed by atoms with Gasteiger partial charge in [0.05, 0.1) is 11.1 Å². The number of piperazine rings is 1. The van der Waals surface area contributed by atoms with Crippen molar-refractivity contribution >= 4 is 23.5 Å². The molecule has 1 N–H and O–H groups in total. The van der Waals surface area contributed by atoms with Crippen LogP contribution in [0.5, 0.6) is 0 Å². The predicted octanol–water partition coefficient (Wildman–Crippen LogP) is 4.42. The lowest BCUT2D eigenvalue weighted by atomic mass is 10.1. The van der Waals surface area contributed by atoms with Gasteiger partial charge in [-0.2, -0.15) is 13.2 Å². The third-order valence-electron chi connectivity index (χ3n) is 5.98. The van der Waals surface area contributed by atoms with E-state index in [4.69, 9.17) is 0 Å². The average molecular weight is 498 g/mol. The molecule has 188 valence electrons. The van der Waals surface area contributed by atoms with Crippen LogP contribution >= 0.6 is 0 Å². The second kappa shape index (κ2) is 11.2. The highest BCUT2D eigenvalue weighted by Crippen LogP contribution is 2.32. The number of benzene rings is 2. The van der Waals surface area contributed by atoms with Gasteiger partial charge in [0, 0.05) is 32.6 Å². The maximum absolute atomic E-state index is 13.3. The number of hydrogen-bond donors (Lipinski definition) is 1. The van der Waals surface area contributed by atoms with E-state index in [1.54, 1.807) is 12.1 Å². The molecule has 36 heavy (non-hydrogen) atoms. The number of carbonyl (C=O) groups excluding carboxylic acids is 2. The van der Waals surface area contributed by atoms with Gasteiger partial charge in [-0.3, -0.25) is 9.59 Å². The van der Waals surface area contributed by atoms with Crippen molar-refractivity contribution in [2.75, 3.05) is 36.4 Å². The molecule has 1 aliphatic rings. The number of aromatic nitrogens is 2. The van der Waals surface area contributed by atoms with Crippen molar-refractivity contribution in [1.29, 1.82) is 0 Å². The van der Waals surface area contributed by atoms with E-state index >= 15 is 0 Å². The number of nitrogens with one attached hydrogen (secondary N) is 1. The molecule has 2 heterocycles. The van der Waals surface area contributed by atoms with Crippen molar-refractivity contribution in [2.45, 2.75) is 25.4 Å². The molecule has 3 aromatic rings. The minimum Gasteiger partial charge on any atom is -0.352 e. The minimum atomic E-state index is -4.59. The van der Waals surface area contributed by atoms with Crippen molar-refractivity contribution in [2.24, 2.45) is 0 Å². The summed E-state index contributed by atoms with van der Waals surface area (Å²) in [6.07, 6.45) is -2.69. The van der Waals surface area contributed by atoms with Crippen LogP contribution in [0.4, 0.5) is 24.8 Å². The van der Waals surface area contributed by atoms with Crippen molar-refractivity contribution in [3.63, 3.8) is 0 Å². The first-order chi connectivity index (χ1) is 17.3. The molecule has 10 heteroatoms. The Bertz CT molecular complexity index is 1180. The number of hydrogen-bond acceptors (Lipinski definition) is 5. The van der Waals surface area contributed by atoms with E-state index in [1.165, 1.54) is 28.7 Å². The summed E-state index contributed by atoms with van der Waals surface area (Å²) in [4.78, 5) is 28.3. The van der Waals surface area contributed by atoms with Gasteiger partial charge < -0.3 is 15.1 Å². The summed E-state index contributed by atoms with van der Waals surface area (Å²) in [5.41, 5.74) is -0.0936. The van der Waals surface area contributed by atoms with Gasteiger partial charge in [-0.1, -0.05) is 42.5 Å². The van der Waals surface area contributed by atoms with Gasteiger partial charge in [0.1, 0.15) is 0 Å². The number of amides is 2. The highest BCUT2D eigenvalue weighted by Gasteiger charge is 2.36. The van der Waals surface area contributed by atoms with Gasteiger partial charge in [-0.25, -0.2) is 0 Å². The predicted molar refractivity (Wildman–Crippen MR) is 130 cm³/mol. The highest BCUT2D eigenvalue weighted by atomic mass is 19.4. The van der Waals surface area contributed by atoms with Crippen molar-refractivity contribution in [3.05, 3.63) is 83.4 Å². The summed E-state index contributed by atoms with van der Waals surface area (Å²) in [6, 6.07) is 18.2. The molecule has 7 nitrogen and oxygen atoms in total. The van der Waals surface area contributed by atoms with Gasteiger partial charge in [0.2, 0.25) is 5.91 Å². The maximum atomic E-state index is 13.3. The van der Waals surface area contributed by atoms with Gasteiger partial charge >= 0.3 is 6.18 Å². The van der Waals surface area contributed by atoms with E-state index in [-0.39, 0.29) is 24.6 Å². The summed E-state index contributed by atoms with van der Waals surface area (Å²) in [5, 5.41) is 11.0. The molecule has 2 aromatic carbocycles. The first-order valence-electron chi connectivity index (χ1n) is 11.7. The molecule has 0 atom stereocenters. The van der Waals surface area contributed by atoms with Crippen LogP contribution in [0.1, 0.15) is 34.3 Å². The Morgan fingerprint density at radius 2 is 1.56 bits per heavy atom. The minimum absolute atomic E-state index is 0.140. The third-order valence-corrected chi connectivity index (χ3v) is 5.98. The van der Waals surface area contributed by atoms with Crippen LogP contribution in [0, 0.1) is 0 Å². The second-order valence-corrected chi connectivity index (χ2v) is 8.49. The maximum Gasteiger partial charge on any atom is 0.417 e. The van der Waals surface area contributed by atoms with Crippen LogP contribution in [-0.4, -0.2) is 53.1 Å². The molecule has 1 aliphatic heterocycles. The van der Waals surface area contributed by atoms with Gasteiger partial charge in [-0.05, 0) is 42.7 Å². The lowest BCUT2D eigenvalue weighted by molar-refractivity contribution is -0.138. The van der Waals surface area contributed by atoms with Gasteiger partial charge in [0.15, 0.2) is 11.6 Å². The lowest BCUT2D eigenvalue weighted by Gasteiger charge is -2.35. The number of aryl methyl sites for hydroxylation is 1.